The van der Waals surface area contributed by atoms with E-state index in [4.69, 9.17) is 0 Å². The predicted molar refractivity (Wildman–Crippen MR) is 151 cm³/mol. The summed E-state index contributed by atoms with van der Waals surface area (Å²) in [6.45, 7) is 5.95. The Morgan fingerprint density at radius 3 is 2.51 bits per heavy atom. The Morgan fingerprint density at radius 2 is 1.78 bits per heavy atom. The van der Waals surface area contributed by atoms with Crippen LogP contribution < -0.4 is 5.32 Å². The van der Waals surface area contributed by atoms with Crippen LogP contribution in [-0.4, -0.2) is 67.5 Å². The fraction of sp³-hybridized carbons (Fsp3) is 0.414. The number of carbonyl (C=O) groups excluding carboxylic acids is 1. The van der Waals surface area contributed by atoms with Gasteiger partial charge in [-0.1, -0.05) is 36.8 Å². The molecule has 196 valence electrons. The zero-order valence-corrected chi connectivity index (χ0v) is 22.5. The number of anilines is 1. The van der Waals surface area contributed by atoms with Crippen molar-refractivity contribution in [3.8, 4) is 11.1 Å². The van der Waals surface area contributed by atoms with Gasteiger partial charge in [0.15, 0.2) is 0 Å². The van der Waals surface area contributed by atoms with Crippen LogP contribution in [0, 0.1) is 6.92 Å². The van der Waals surface area contributed by atoms with Gasteiger partial charge in [-0.05, 0) is 79.7 Å². The Kier molecular flexibility index (Phi) is 7.51. The zero-order chi connectivity index (χ0) is 26.0. The maximum atomic E-state index is 12.7. The maximum Gasteiger partial charge on any atom is 0.225 e. The molecule has 2 N–H and O–H groups in total. The van der Waals surface area contributed by atoms with Crippen LogP contribution in [0.4, 0.5) is 5.69 Å². The van der Waals surface area contributed by atoms with E-state index in [9.17, 15) is 13.2 Å². The molecule has 0 spiro atoms. The third kappa shape index (κ3) is 5.81. The second kappa shape index (κ2) is 10.8. The van der Waals surface area contributed by atoms with Crippen molar-refractivity contribution < 1.29 is 13.2 Å². The van der Waals surface area contributed by atoms with Gasteiger partial charge in [-0.2, -0.15) is 4.31 Å². The lowest BCUT2D eigenvalue weighted by molar-refractivity contribution is -0.116. The first-order chi connectivity index (χ1) is 17.8. The maximum absolute atomic E-state index is 12.7. The van der Waals surface area contributed by atoms with E-state index in [2.05, 4.69) is 46.4 Å². The Bertz CT molecular complexity index is 1430. The minimum atomic E-state index is -3.18. The van der Waals surface area contributed by atoms with Gasteiger partial charge in [0.1, 0.15) is 0 Å². The molecule has 2 aromatic carbocycles. The lowest BCUT2D eigenvalue weighted by Crippen LogP contribution is -2.33. The fourth-order valence-electron chi connectivity index (χ4n) is 5.48. The summed E-state index contributed by atoms with van der Waals surface area (Å²) in [6.07, 6.45) is 8.19. The molecular formula is C29H36N4O3S. The van der Waals surface area contributed by atoms with Crippen molar-refractivity contribution in [3.05, 3.63) is 59.8 Å². The molecule has 0 atom stereocenters. The number of nitrogens with zero attached hydrogens (tertiary/aromatic N) is 2. The van der Waals surface area contributed by atoms with E-state index in [1.807, 2.05) is 24.3 Å². The first kappa shape index (κ1) is 25.7. The van der Waals surface area contributed by atoms with E-state index in [-0.39, 0.29) is 5.91 Å². The number of hydrogen-bond donors (Lipinski definition) is 2. The molecular weight excluding hydrogens is 484 g/mol. The molecule has 1 aromatic heterocycles. The van der Waals surface area contributed by atoms with Crippen LogP contribution in [0.15, 0.2) is 48.5 Å². The number of aromatic amines is 1. The third-order valence-electron chi connectivity index (χ3n) is 7.65. The number of nitrogens with one attached hydrogen (secondary N) is 2. The van der Waals surface area contributed by atoms with Crippen LogP contribution in [0.3, 0.4) is 0 Å². The number of hydrogen-bond acceptors (Lipinski definition) is 4. The van der Waals surface area contributed by atoms with Crippen LogP contribution in [-0.2, 0) is 14.8 Å². The molecule has 37 heavy (non-hydrogen) atoms. The largest absolute Gasteiger partial charge is 0.355 e. The van der Waals surface area contributed by atoms with Crippen molar-refractivity contribution in [1.29, 1.82) is 0 Å². The monoisotopic (exact) mass is 520 g/mol. The van der Waals surface area contributed by atoms with E-state index in [0.29, 0.717) is 25.9 Å². The number of sulfonamides is 1. The summed E-state index contributed by atoms with van der Waals surface area (Å²) in [5.74, 6) is 0.0559. The number of rotatable bonds is 7. The highest BCUT2D eigenvalue weighted by Crippen LogP contribution is 2.36. The second-order valence-electron chi connectivity index (χ2n) is 10.2. The van der Waals surface area contributed by atoms with Crippen molar-refractivity contribution in [2.24, 2.45) is 0 Å². The lowest BCUT2D eigenvalue weighted by atomic mass is 9.96. The topological polar surface area (TPSA) is 85.5 Å². The molecule has 2 aliphatic rings. The summed E-state index contributed by atoms with van der Waals surface area (Å²) in [5.41, 5.74) is 7.29. The number of amides is 1. The number of H-pyrrole nitrogens is 1. The first-order valence-electron chi connectivity index (χ1n) is 13.2. The number of piperidine rings is 1. The number of fused-ring (bicyclic) bond motifs is 1. The minimum Gasteiger partial charge on any atom is -0.355 e. The van der Waals surface area contributed by atoms with Crippen LogP contribution >= 0.6 is 0 Å². The molecule has 1 amide bonds. The molecule has 3 heterocycles. The van der Waals surface area contributed by atoms with E-state index >= 15 is 0 Å². The molecule has 5 rings (SSSR count). The summed E-state index contributed by atoms with van der Waals surface area (Å²) >= 11 is 0. The zero-order valence-electron chi connectivity index (χ0n) is 21.7. The quantitative estimate of drug-likeness (QED) is 0.459. The van der Waals surface area contributed by atoms with Gasteiger partial charge in [-0.3, -0.25) is 4.79 Å². The Hall–Kier alpha value is -2.94. The molecule has 0 unspecified atom stereocenters. The molecule has 1 fully saturated rings. The Labute approximate surface area is 219 Å². The van der Waals surface area contributed by atoms with E-state index < -0.39 is 10.0 Å². The SMILES string of the molecule is Cc1c(NC(=O)CCN2CCCCC2)cccc1-c1cccc2[nH]c(C3=CCN(S(C)(=O)=O)CC3)cc12. The molecule has 0 radical (unpaired) electrons. The molecule has 3 aromatic rings. The standard InChI is InChI=1S/C29H36N4O3S/c1-21-23(8-6-10-26(21)31-29(34)14-17-32-15-4-3-5-16-32)24-9-7-11-27-25(24)20-28(30-27)22-12-18-33(19-13-22)37(2,35)36/h6-12,20,30H,3-5,13-19H2,1-2H3,(H,31,34). The van der Waals surface area contributed by atoms with E-state index in [1.165, 1.54) is 29.8 Å². The van der Waals surface area contributed by atoms with Crippen molar-refractivity contribution >= 4 is 38.1 Å². The number of benzene rings is 2. The highest BCUT2D eigenvalue weighted by atomic mass is 32.2. The number of likely N-dealkylation sites (tertiary alicyclic amines) is 1. The third-order valence-corrected chi connectivity index (χ3v) is 8.92. The van der Waals surface area contributed by atoms with Gasteiger partial charge < -0.3 is 15.2 Å². The molecule has 0 aliphatic carbocycles. The van der Waals surface area contributed by atoms with Crippen LogP contribution in [0.2, 0.25) is 0 Å². The average molecular weight is 521 g/mol. The highest BCUT2D eigenvalue weighted by molar-refractivity contribution is 7.88. The van der Waals surface area contributed by atoms with Crippen LogP contribution in [0.25, 0.3) is 27.6 Å². The Balaban J connectivity index is 1.36. The molecule has 2 aliphatic heterocycles. The van der Waals surface area contributed by atoms with Gasteiger partial charge in [0.2, 0.25) is 15.9 Å². The summed E-state index contributed by atoms with van der Waals surface area (Å²) in [7, 11) is -3.18. The molecule has 7 nitrogen and oxygen atoms in total. The van der Waals surface area contributed by atoms with Crippen LogP contribution in [0.1, 0.15) is 43.4 Å². The summed E-state index contributed by atoms with van der Waals surface area (Å²) in [6, 6.07) is 14.5. The van der Waals surface area contributed by atoms with Crippen molar-refractivity contribution in [1.82, 2.24) is 14.2 Å². The van der Waals surface area contributed by atoms with E-state index in [0.717, 1.165) is 64.2 Å². The first-order valence-corrected chi connectivity index (χ1v) is 15.0. The minimum absolute atomic E-state index is 0.0559. The second-order valence-corrected chi connectivity index (χ2v) is 12.2. The molecule has 1 saturated heterocycles. The van der Waals surface area contributed by atoms with E-state index in [1.54, 1.807) is 0 Å². The van der Waals surface area contributed by atoms with Crippen molar-refractivity contribution in [3.63, 3.8) is 0 Å². The highest BCUT2D eigenvalue weighted by Gasteiger charge is 2.21. The summed E-state index contributed by atoms with van der Waals surface area (Å²) < 4.78 is 25.2. The van der Waals surface area contributed by atoms with Gasteiger partial charge in [0.05, 0.1) is 6.26 Å². The summed E-state index contributed by atoms with van der Waals surface area (Å²) in [4.78, 5) is 18.7. The average Bonchev–Trinajstić information content (AvgIpc) is 3.34. The van der Waals surface area contributed by atoms with Crippen molar-refractivity contribution in [2.75, 3.05) is 44.3 Å². The molecule has 0 bridgehead atoms. The predicted octanol–water partition coefficient (Wildman–Crippen LogP) is 5.01. The normalized spacial score (nSPS) is 17.6. The fourth-order valence-corrected chi connectivity index (χ4v) is 6.25. The number of carbonyl (C=O) groups is 1. The smallest absolute Gasteiger partial charge is 0.225 e. The van der Waals surface area contributed by atoms with Gasteiger partial charge in [-0.25, -0.2) is 8.42 Å². The number of aromatic nitrogens is 1. The van der Waals surface area contributed by atoms with Gasteiger partial charge in [0, 0.05) is 48.3 Å². The van der Waals surface area contributed by atoms with Gasteiger partial charge in [0.25, 0.3) is 0 Å². The van der Waals surface area contributed by atoms with Gasteiger partial charge >= 0.3 is 0 Å². The lowest BCUT2D eigenvalue weighted by Gasteiger charge is -2.26. The van der Waals surface area contributed by atoms with Crippen molar-refractivity contribution in [2.45, 2.75) is 39.0 Å². The molecule has 8 heteroatoms. The van der Waals surface area contributed by atoms with Gasteiger partial charge in [-0.15, -0.1) is 0 Å². The Morgan fingerprint density at radius 1 is 1.03 bits per heavy atom. The van der Waals surface area contributed by atoms with Crippen LogP contribution in [0.5, 0.6) is 0 Å². The molecule has 0 saturated carbocycles. The summed E-state index contributed by atoms with van der Waals surface area (Å²) in [5, 5.41) is 4.26.